The lowest BCUT2D eigenvalue weighted by molar-refractivity contribution is 0.984. The number of nitrogens with one attached hydrogen (secondary N) is 1. The Morgan fingerprint density at radius 2 is 1.95 bits per heavy atom. The second-order valence-electron chi connectivity index (χ2n) is 5.47. The Morgan fingerprint density at radius 1 is 1.23 bits per heavy atom. The van der Waals surface area contributed by atoms with Crippen molar-refractivity contribution in [2.24, 2.45) is 10.7 Å². The first-order valence-electron chi connectivity index (χ1n) is 7.04. The molecule has 0 amide bonds. The monoisotopic (exact) mass is 471 g/mol. The van der Waals surface area contributed by atoms with Crippen molar-refractivity contribution >= 4 is 51.6 Å². The van der Waals surface area contributed by atoms with Gasteiger partial charge in [0.1, 0.15) is 0 Å². The Hall–Kier alpha value is -1.08. The molecule has 0 saturated heterocycles. The minimum Gasteiger partial charge on any atom is -0.370 e. The zero-order valence-electron chi connectivity index (χ0n) is 12.3. The van der Waals surface area contributed by atoms with Crippen molar-refractivity contribution in [1.29, 1.82) is 0 Å². The fourth-order valence-corrected chi connectivity index (χ4v) is 2.74. The molecule has 0 aromatic heterocycles. The quantitative estimate of drug-likeness (QED) is 0.388. The third-order valence-electron chi connectivity index (χ3n) is 3.65. The molecule has 22 heavy (non-hydrogen) atoms. The minimum atomic E-state index is 0. The predicted octanol–water partition coefficient (Wildman–Crippen LogP) is 4.66. The normalized spacial score (nSPS) is 20.2. The number of aliphatic imine (C=N–C) groups is 1. The highest BCUT2D eigenvalue weighted by molar-refractivity contribution is 14.0. The molecular weight excluding hydrogens is 453 g/mol. The Morgan fingerprint density at radius 3 is 2.64 bits per heavy atom. The van der Waals surface area contributed by atoms with Crippen LogP contribution in [0.15, 0.2) is 58.0 Å². The van der Waals surface area contributed by atoms with Crippen molar-refractivity contribution in [2.75, 3.05) is 5.32 Å². The summed E-state index contributed by atoms with van der Waals surface area (Å²) in [5, 5.41) is 3.16. The zero-order valence-corrected chi connectivity index (χ0v) is 16.2. The summed E-state index contributed by atoms with van der Waals surface area (Å²) in [5.74, 6) is 0.987. The van der Waals surface area contributed by atoms with Gasteiger partial charge in [0.15, 0.2) is 5.96 Å². The van der Waals surface area contributed by atoms with Crippen LogP contribution in [0.4, 0.5) is 5.69 Å². The van der Waals surface area contributed by atoms with E-state index in [9.17, 15) is 0 Å². The van der Waals surface area contributed by atoms with Gasteiger partial charge in [-0.3, -0.25) is 0 Å². The average Bonchev–Trinajstić information content (AvgIpc) is 3.18. The van der Waals surface area contributed by atoms with Gasteiger partial charge in [-0.05, 0) is 48.7 Å². The van der Waals surface area contributed by atoms with Crippen molar-refractivity contribution < 1.29 is 0 Å². The van der Waals surface area contributed by atoms with Crippen molar-refractivity contribution in [3.05, 3.63) is 64.1 Å². The topological polar surface area (TPSA) is 50.4 Å². The van der Waals surface area contributed by atoms with Crippen LogP contribution in [0.1, 0.15) is 23.5 Å². The van der Waals surface area contributed by atoms with E-state index in [0.717, 1.165) is 16.6 Å². The molecule has 3 rings (SSSR count). The SMILES string of the molecule is Cc1cccc(NC(N)=NC2CC2c2ccc(Br)cc2)c1.I. The fourth-order valence-electron chi connectivity index (χ4n) is 2.47. The van der Waals surface area contributed by atoms with Crippen LogP contribution < -0.4 is 11.1 Å². The summed E-state index contributed by atoms with van der Waals surface area (Å²) in [6, 6.07) is 16.9. The van der Waals surface area contributed by atoms with Crippen LogP contribution in [0.5, 0.6) is 0 Å². The van der Waals surface area contributed by atoms with E-state index in [1.54, 1.807) is 0 Å². The van der Waals surface area contributed by atoms with E-state index in [1.165, 1.54) is 11.1 Å². The predicted molar refractivity (Wildman–Crippen MR) is 107 cm³/mol. The Labute approximate surface area is 156 Å². The molecule has 2 atom stereocenters. The van der Waals surface area contributed by atoms with E-state index in [2.05, 4.69) is 69.6 Å². The lowest BCUT2D eigenvalue weighted by Gasteiger charge is -2.06. The van der Waals surface area contributed by atoms with Crippen LogP contribution in [0.2, 0.25) is 0 Å². The molecule has 5 heteroatoms. The number of nitrogens with zero attached hydrogens (tertiary/aromatic N) is 1. The second kappa shape index (κ2) is 7.46. The summed E-state index contributed by atoms with van der Waals surface area (Å²) in [7, 11) is 0. The van der Waals surface area contributed by atoms with Gasteiger partial charge in [0.25, 0.3) is 0 Å². The van der Waals surface area contributed by atoms with Crippen LogP contribution in [-0.4, -0.2) is 12.0 Å². The van der Waals surface area contributed by atoms with E-state index in [1.807, 2.05) is 12.1 Å². The van der Waals surface area contributed by atoms with E-state index in [4.69, 9.17) is 5.73 Å². The number of hydrogen-bond acceptors (Lipinski definition) is 1. The summed E-state index contributed by atoms with van der Waals surface area (Å²) in [4.78, 5) is 4.57. The molecule has 0 aliphatic heterocycles. The lowest BCUT2D eigenvalue weighted by Crippen LogP contribution is -2.23. The van der Waals surface area contributed by atoms with Gasteiger partial charge in [-0.1, -0.05) is 40.2 Å². The molecule has 1 fully saturated rings. The molecule has 0 radical (unpaired) electrons. The molecule has 0 heterocycles. The maximum atomic E-state index is 5.99. The summed E-state index contributed by atoms with van der Waals surface area (Å²) >= 11 is 3.46. The Kier molecular flexibility index (Phi) is 5.86. The molecule has 1 aliphatic rings. The van der Waals surface area contributed by atoms with Gasteiger partial charge in [0.05, 0.1) is 6.04 Å². The average molecular weight is 472 g/mol. The highest BCUT2D eigenvalue weighted by Gasteiger charge is 2.38. The number of guanidine groups is 1. The molecule has 2 aromatic rings. The standard InChI is InChI=1S/C17H18BrN3.HI/c1-11-3-2-4-14(9-11)20-17(19)21-16-10-15(16)12-5-7-13(18)8-6-12;/h2-9,15-16H,10H2,1H3,(H3,19,20,21);1H. The van der Waals surface area contributed by atoms with Gasteiger partial charge in [-0.15, -0.1) is 24.0 Å². The third-order valence-corrected chi connectivity index (χ3v) is 4.18. The van der Waals surface area contributed by atoms with Crippen molar-refractivity contribution in [3.63, 3.8) is 0 Å². The van der Waals surface area contributed by atoms with Gasteiger partial charge in [-0.25, -0.2) is 4.99 Å². The molecule has 2 unspecified atom stereocenters. The van der Waals surface area contributed by atoms with Crippen molar-refractivity contribution in [2.45, 2.75) is 25.3 Å². The van der Waals surface area contributed by atoms with E-state index in [0.29, 0.717) is 17.9 Å². The number of rotatable bonds is 3. The lowest BCUT2D eigenvalue weighted by atomic mass is 10.1. The molecule has 116 valence electrons. The van der Waals surface area contributed by atoms with Crippen molar-refractivity contribution in [3.8, 4) is 0 Å². The molecule has 1 aliphatic carbocycles. The summed E-state index contributed by atoms with van der Waals surface area (Å²) in [5.41, 5.74) is 9.51. The van der Waals surface area contributed by atoms with Gasteiger partial charge >= 0.3 is 0 Å². The molecule has 1 saturated carbocycles. The maximum Gasteiger partial charge on any atom is 0.193 e. The number of aryl methyl sites for hydroxylation is 1. The first kappa shape index (κ1) is 17.3. The van der Waals surface area contributed by atoms with Crippen LogP contribution >= 0.6 is 39.9 Å². The molecule has 3 nitrogen and oxygen atoms in total. The molecule has 2 aromatic carbocycles. The smallest absolute Gasteiger partial charge is 0.193 e. The van der Waals surface area contributed by atoms with Crippen LogP contribution in [0.25, 0.3) is 0 Å². The number of benzene rings is 2. The first-order valence-corrected chi connectivity index (χ1v) is 7.83. The molecule has 3 N–H and O–H groups in total. The maximum absolute atomic E-state index is 5.99. The molecular formula is C17H19BrIN3. The van der Waals surface area contributed by atoms with Crippen LogP contribution in [0.3, 0.4) is 0 Å². The highest BCUT2D eigenvalue weighted by atomic mass is 127. The number of anilines is 1. The first-order chi connectivity index (χ1) is 10.1. The third kappa shape index (κ3) is 4.46. The van der Waals surface area contributed by atoms with Gasteiger partial charge in [0, 0.05) is 16.1 Å². The van der Waals surface area contributed by atoms with Crippen molar-refractivity contribution in [1.82, 2.24) is 0 Å². The van der Waals surface area contributed by atoms with E-state index >= 15 is 0 Å². The highest BCUT2D eigenvalue weighted by Crippen LogP contribution is 2.43. The summed E-state index contributed by atoms with van der Waals surface area (Å²) < 4.78 is 1.10. The van der Waals surface area contributed by atoms with Gasteiger partial charge in [-0.2, -0.15) is 0 Å². The Balaban J connectivity index is 0.00000176. The van der Waals surface area contributed by atoms with Gasteiger partial charge < -0.3 is 11.1 Å². The number of halogens is 2. The van der Waals surface area contributed by atoms with Crippen LogP contribution in [-0.2, 0) is 0 Å². The molecule has 0 spiro atoms. The second-order valence-corrected chi connectivity index (χ2v) is 6.39. The number of nitrogens with two attached hydrogens (primary N) is 1. The van der Waals surface area contributed by atoms with E-state index in [-0.39, 0.29) is 24.0 Å². The van der Waals surface area contributed by atoms with Crippen LogP contribution in [0, 0.1) is 6.92 Å². The summed E-state index contributed by atoms with van der Waals surface area (Å²) in [6.07, 6.45) is 1.07. The minimum absolute atomic E-state index is 0. The Bertz CT molecular complexity index is 670. The largest absolute Gasteiger partial charge is 0.370 e. The van der Waals surface area contributed by atoms with Gasteiger partial charge in [0.2, 0.25) is 0 Å². The number of hydrogen-bond donors (Lipinski definition) is 2. The zero-order chi connectivity index (χ0) is 14.8. The van der Waals surface area contributed by atoms with E-state index < -0.39 is 0 Å². The fraction of sp³-hybridized carbons (Fsp3) is 0.235. The molecule has 0 bridgehead atoms. The summed E-state index contributed by atoms with van der Waals surface area (Å²) in [6.45, 7) is 2.06.